The summed E-state index contributed by atoms with van der Waals surface area (Å²) in [7, 11) is -3.02. The van der Waals surface area contributed by atoms with E-state index in [1.165, 1.54) is 12.1 Å². The van der Waals surface area contributed by atoms with Gasteiger partial charge < -0.3 is 4.74 Å². The number of hydroxylamine groups is 2. The Hall–Kier alpha value is -2.21. The van der Waals surface area contributed by atoms with Gasteiger partial charge in [0.1, 0.15) is 6.07 Å². The van der Waals surface area contributed by atoms with E-state index in [-0.39, 0.29) is 4.90 Å². The van der Waals surface area contributed by atoms with Crippen molar-refractivity contribution in [2.75, 3.05) is 7.11 Å². The van der Waals surface area contributed by atoms with Gasteiger partial charge in [-0.25, -0.2) is 4.79 Å². The molecule has 2 unspecified atom stereocenters. The van der Waals surface area contributed by atoms with Crippen molar-refractivity contribution in [3.8, 4) is 6.07 Å². The first-order valence-corrected chi connectivity index (χ1v) is 8.74. The molecule has 1 aromatic carbocycles. The number of rotatable bonds is 4. The van der Waals surface area contributed by atoms with Crippen LogP contribution in [0.3, 0.4) is 0 Å². The highest BCUT2D eigenvalue weighted by atomic mass is 32.2. The molecule has 126 valence electrons. The van der Waals surface area contributed by atoms with Crippen LogP contribution in [-0.4, -0.2) is 38.1 Å². The van der Waals surface area contributed by atoms with Crippen molar-refractivity contribution in [2.24, 2.45) is 5.92 Å². The van der Waals surface area contributed by atoms with Gasteiger partial charge in [0.25, 0.3) is 0 Å². The molecule has 1 heterocycles. The van der Waals surface area contributed by atoms with Crippen LogP contribution in [0.25, 0.3) is 0 Å². The fourth-order valence-corrected chi connectivity index (χ4v) is 4.13. The second kappa shape index (κ2) is 5.70. The number of nitriles is 1. The number of hydrogen-bond donors (Lipinski definition) is 0. The Bertz CT molecular complexity index is 840. The topological polar surface area (TPSA) is 96.7 Å². The number of aryl methyl sites for hydroxylation is 1. The minimum absolute atomic E-state index is 0.0449. The van der Waals surface area contributed by atoms with Crippen LogP contribution in [0.15, 0.2) is 41.3 Å². The van der Waals surface area contributed by atoms with Crippen LogP contribution < -0.4 is 0 Å². The number of ether oxygens (including phenoxy) is 1. The van der Waals surface area contributed by atoms with Crippen LogP contribution in [0.5, 0.6) is 0 Å². The predicted molar refractivity (Wildman–Crippen MR) is 82.7 cm³/mol. The molecular weight excluding hydrogens is 332 g/mol. The van der Waals surface area contributed by atoms with Gasteiger partial charge >= 0.3 is 16.1 Å². The summed E-state index contributed by atoms with van der Waals surface area (Å²) in [6.45, 7) is 1.83. The molecule has 1 aromatic rings. The molecule has 0 aromatic heterocycles. The SMILES string of the molecule is COC(=O)[C@]1(C#N)C2C=CC(C2)N1OS(=O)(=O)c1ccc(C)cc1. The molecule has 2 bridgehead atoms. The minimum atomic E-state index is -4.17. The van der Waals surface area contributed by atoms with E-state index in [1.54, 1.807) is 24.3 Å². The highest BCUT2D eigenvalue weighted by Crippen LogP contribution is 2.46. The van der Waals surface area contributed by atoms with E-state index in [2.05, 4.69) is 0 Å². The molecule has 0 radical (unpaired) electrons. The molecule has 1 saturated heterocycles. The van der Waals surface area contributed by atoms with Gasteiger partial charge in [-0.3, -0.25) is 0 Å². The fourth-order valence-electron chi connectivity index (χ4n) is 3.13. The van der Waals surface area contributed by atoms with E-state index in [9.17, 15) is 18.5 Å². The number of esters is 1. The first kappa shape index (κ1) is 16.6. The maximum atomic E-state index is 12.5. The summed E-state index contributed by atoms with van der Waals surface area (Å²) in [5.74, 6) is -1.31. The molecule has 1 aliphatic heterocycles. The first-order valence-electron chi connectivity index (χ1n) is 7.34. The molecule has 3 atom stereocenters. The van der Waals surface area contributed by atoms with Crippen LogP contribution in [-0.2, 0) is 23.9 Å². The van der Waals surface area contributed by atoms with Gasteiger partial charge in [0.2, 0.25) is 5.54 Å². The Morgan fingerprint density at radius 2 is 2.00 bits per heavy atom. The highest BCUT2D eigenvalue weighted by Gasteiger charge is 2.63. The molecule has 0 N–H and O–H groups in total. The summed E-state index contributed by atoms with van der Waals surface area (Å²) in [5, 5.41) is 10.6. The molecule has 0 saturated carbocycles. The number of carbonyl (C=O) groups is 1. The van der Waals surface area contributed by atoms with Crippen molar-refractivity contribution >= 4 is 16.1 Å². The number of benzene rings is 1. The lowest BCUT2D eigenvalue weighted by Crippen LogP contribution is -2.57. The lowest BCUT2D eigenvalue weighted by molar-refractivity contribution is -0.175. The third-order valence-electron chi connectivity index (χ3n) is 4.40. The molecule has 2 aliphatic rings. The van der Waals surface area contributed by atoms with Crippen molar-refractivity contribution < 1.29 is 22.2 Å². The number of methoxy groups -OCH3 is 1. The summed E-state index contributed by atoms with van der Waals surface area (Å²) in [4.78, 5) is 12.2. The molecule has 1 fully saturated rings. The van der Waals surface area contributed by atoms with Gasteiger partial charge in [0, 0.05) is 5.92 Å². The predicted octanol–water partition coefficient (Wildman–Crippen LogP) is 1.31. The van der Waals surface area contributed by atoms with Crippen molar-refractivity contribution in [1.82, 2.24) is 5.06 Å². The van der Waals surface area contributed by atoms with Gasteiger partial charge in [-0.05, 0) is 25.5 Å². The van der Waals surface area contributed by atoms with E-state index < -0.39 is 33.6 Å². The van der Waals surface area contributed by atoms with Crippen molar-refractivity contribution in [3.05, 3.63) is 42.0 Å². The van der Waals surface area contributed by atoms with Crippen LogP contribution in [0, 0.1) is 24.2 Å². The standard InChI is InChI=1S/C16H16N2O5S/c1-11-3-7-14(8-4-11)24(20,21)23-18-13-6-5-12(9-13)16(18,10-17)15(19)22-2/h3-8,12-13H,9H2,1-2H3/t12?,13?,16-/m0/s1. The molecule has 24 heavy (non-hydrogen) atoms. The number of hydrogen-bond acceptors (Lipinski definition) is 7. The molecule has 7 nitrogen and oxygen atoms in total. The quantitative estimate of drug-likeness (QED) is 0.598. The number of nitrogens with zero attached hydrogens (tertiary/aromatic N) is 2. The van der Waals surface area contributed by atoms with E-state index in [0.29, 0.717) is 6.42 Å². The zero-order chi connectivity index (χ0) is 17.5. The average molecular weight is 348 g/mol. The fraction of sp³-hybridized carbons (Fsp3) is 0.375. The molecule has 1 aliphatic carbocycles. The summed E-state index contributed by atoms with van der Waals surface area (Å²) < 4.78 is 35.0. The minimum Gasteiger partial charge on any atom is -0.467 e. The zero-order valence-corrected chi connectivity index (χ0v) is 14.0. The van der Waals surface area contributed by atoms with Crippen LogP contribution in [0.1, 0.15) is 12.0 Å². The van der Waals surface area contributed by atoms with Gasteiger partial charge in [0.15, 0.2) is 0 Å². The molecule has 3 rings (SSSR count). The van der Waals surface area contributed by atoms with Gasteiger partial charge in [-0.2, -0.15) is 18.0 Å². The summed E-state index contributed by atoms with van der Waals surface area (Å²) >= 11 is 0. The summed E-state index contributed by atoms with van der Waals surface area (Å²) in [6.07, 6.45) is 3.88. The van der Waals surface area contributed by atoms with Crippen molar-refractivity contribution in [1.29, 1.82) is 5.26 Å². The third-order valence-corrected chi connectivity index (χ3v) is 5.61. The summed E-state index contributed by atoms with van der Waals surface area (Å²) in [5.41, 5.74) is -0.899. The highest BCUT2D eigenvalue weighted by molar-refractivity contribution is 7.86. The Morgan fingerprint density at radius 1 is 1.33 bits per heavy atom. The Balaban J connectivity index is 1.99. The number of carbonyl (C=O) groups excluding carboxylic acids is 1. The van der Waals surface area contributed by atoms with E-state index >= 15 is 0 Å². The van der Waals surface area contributed by atoms with Crippen LogP contribution >= 0.6 is 0 Å². The summed E-state index contributed by atoms with van der Waals surface area (Å²) in [6, 6.07) is 7.55. The van der Waals surface area contributed by atoms with Crippen LogP contribution in [0.2, 0.25) is 0 Å². The van der Waals surface area contributed by atoms with Gasteiger partial charge in [0.05, 0.1) is 18.0 Å². The zero-order valence-electron chi connectivity index (χ0n) is 13.2. The molecule has 0 spiro atoms. The average Bonchev–Trinajstić information content (AvgIpc) is 3.15. The van der Waals surface area contributed by atoms with E-state index in [1.807, 2.05) is 13.0 Å². The van der Waals surface area contributed by atoms with Gasteiger partial charge in [-0.15, -0.1) is 5.06 Å². The lowest BCUT2D eigenvalue weighted by Gasteiger charge is -2.34. The Morgan fingerprint density at radius 3 is 2.58 bits per heavy atom. The molecular formula is C16H16N2O5S. The smallest absolute Gasteiger partial charge is 0.344 e. The normalized spacial score (nSPS) is 28.7. The van der Waals surface area contributed by atoms with E-state index in [4.69, 9.17) is 9.02 Å². The number of fused-ring (bicyclic) bond motifs is 2. The van der Waals surface area contributed by atoms with Gasteiger partial charge in [-0.1, -0.05) is 29.8 Å². The molecule has 8 heteroatoms. The maximum Gasteiger partial charge on any atom is 0.344 e. The monoisotopic (exact) mass is 348 g/mol. The van der Waals surface area contributed by atoms with E-state index in [0.717, 1.165) is 17.7 Å². The largest absolute Gasteiger partial charge is 0.467 e. The first-order chi connectivity index (χ1) is 11.3. The van der Waals surface area contributed by atoms with Crippen molar-refractivity contribution in [2.45, 2.75) is 29.8 Å². The molecule has 0 amide bonds. The second-order valence-electron chi connectivity index (χ2n) is 5.83. The Labute approximate surface area is 140 Å². The lowest BCUT2D eigenvalue weighted by atomic mass is 9.87. The Kier molecular flexibility index (Phi) is 3.95. The second-order valence-corrected chi connectivity index (χ2v) is 7.36. The van der Waals surface area contributed by atoms with Crippen molar-refractivity contribution in [3.63, 3.8) is 0 Å². The maximum absolute atomic E-state index is 12.5. The van der Waals surface area contributed by atoms with Crippen LogP contribution in [0.4, 0.5) is 0 Å². The third kappa shape index (κ3) is 2.33.